The van der Waals surface area contributed by atoms with E-state index < -0.39 is 27.6 Å². The predicted molar refractivity (Wildman–Crippen MR) is 110 cm³/mol. The summed E-state index contributed by atoms with van der Waals surface area (Å²) in [7, 11) is -3.76. The molecule has 1 saturated heterocycles. The second-order valence-corrected chi connectivity index (χ2v) is 9.85. The molecule has 10 heteroatoms. The minimum absolute atomic E-state index is 0.0182. The number of rotatable bonds is 6. The lowest BCUT2D eigenvalue weighted by molar-refractivity contribution is -0.113. The van der Waals surface area contributed by atoms with E-state index >= 15 is 0 Å². The molecule has 0 aliphatic carbocycles. The number of hydrogen-bond acceptors (Lipinski definition) is 4. The second kappa shape index (κ2) is 9.42. The van der Waals surface area contributed by atoms with E-state index in [9.17, 15) is 22.0 Å². The van der Waals surface area contributed by atoms with Gasteiger partial charge in [0.1, 0.15) is 16.5 Å². The van der Waals surface area contributed by atoms with Gasteiger partial charge in [0.05, 0.1) is 10.8 Å². The third-order valence-electron chi connectivity index (χ3n) is 4.40. The summed E-state index contributed by atoms with van der Waals surface area (Å²) >= 11 is 6.95. The van der Waals surface area contributed by atoms with Crippen LogP contribution in [-0.2, 0) is 14.8 Å². The number of sulfonamides is 1. The van der Waals surface area contributed by atoms with Crippen molar-refractivity contribution in [2.75, 3.05) is 24.2 Å². The van der Waals surface area contributed by atoms with Gasteiger partial charge in [-0.05, 0) is 49.2 Å². The van der Waals surface area contributed by atoms with Crippen molar-refractivity contribution >= 4 is 45.0 Å². The molecule has 1 heterocycles. The number of nitrogens with zero attached hydrogens (tertiary/aromatic N) is 1. The van der Waals surface area contributed by atoms with Crippen LogP contribution >= 0.6 is 23.4 Å². The molecular weight excluding hydrogens is 442 g/mol. The van der Waals surface area contributed by atoms with Gasteiger partial charge in [-0.15, -0.1) is 11.8 Å². The molecule has 0 spiro atoms. The van der Waals surface area contributed by atoms with Crippen molar-refractivity contribution in [3.8, 4) is 0 Å². The first kappa shape index (κ1) is 22.0. The Hall–Kier alpha value is -1.68. The maximum absolute atomic E-state index is 13.6. The van der Waals surface area contributed by atoms with Crippen LogP contribution in [0.4, 0.5) is 14.5 Å². The van der Waals surface area contributed by atoms with E-state index in [-0.39, 0.29) is 26.3 Å². The van der Waals surface area contributed by atoms with E-state index in [4.69, 9.17) is 11.6 Å². The summed E-state index contributed by atoms with van der Waals surface area (Å²) in [6, 6.07) is 7.22. The van der Waals surface area contributed by atoms with Gasteiger partial charge < -0.3 is 5.32 Å². The summed E-state index contributed by atoms with van der Waals surface area (Å²) in [5.41, 5.74) is 0.260. The molecule has 0 unspecified atom stereocenters. The molecule has 0 bridgehead atoms. The average molecular weight is 461 g/mol. The number of amides is 1. The first-order valence-electron chi connectivity index (χ1n) is 8.95. The number of halogens is 3. The molecule has 1 fully saturated rings. The summed E-state index contributed by atoms with van der Waals surface area (Å²) in [5.74, 6) is -1.87. The zero-order chi connectivity index (χ0) is 21.0. The Labute approximate surface area is 177 Å². The van der Waals surface area contributed by atoms with E-state index in [1.165, 1.54) is 22.5 Å². The Balaban J connectivity index is 1.70. The van der Waals surface area contributed by atoms with Gasteiger partial charge in [-0.1, -0.05) is 18.0 Å². The molecule has 1 aliphatic heterocycles. The number of thioether (sulfide) groups is 1. The molecule has 3 rings (SSSR count). The van der Waals surface area contributed by atoms with Gasteiger partial charge in [-0.2, -0.15) is 4.31 Å². The first-order valence-corrected chi connectivity index (χ1v) is 11.7. The van der Waals surface area contributed by atoms with Crippen molar-refractivity contribution in [3.05, 3.63) is 53.1 Å². The molecule has 156 valence electrons. The van der Waals surface area contributed by atoms with Crippen molar-refractivity contribution in [2.45, 2.75) is 29.1 Å². The number of anilines is 1. The van der Waals surface area contributed by atoms with Crippen LogP contribution in [-0.4, -0.2) is 37.5 Å². The van der Waals surface area contributed by atoms with E-state index in [0.717, 1.165) is 49.2 Å². The van der Waals surface area contributed by atoms with Crippen molar-refractivity contribution in [1.29, 1.82) is 0 Å². The van der Waals surface area contributed by atoms with E-state index in [0.29, 0.717) is 13.1 Å². The molecule has 1 amide bonds. The molecule has 0 atom stereocenters. The summed E-state index contributed by atoms with van der Waals surface area (Å²) in [6.07, 6.45) is 2.57. The summed E-state index contributed by atoms with van der Waals surface area (Å²) in [4.78, 5) is 12.1. The number of nitrogens with one attached hydrogen (secondary N) is 1. The lowest BCUT2D eigenvalue weighted by Crippen LogP contribution is -2.35. The fourth-order valence-corrected chi connectivity index (χ4v) is 5.73. The van der Waals surface area contributed by atoms with Crippen LogP contribution in [0.1, 0.15) is 19.3 Å². The molecule has 1 N–H and O–H groups in total. The van der Waals surface area contributed by atoms with E-state index in [1.807, 2.05) is 0 Å². The molecule has 0 aromatic heterocycles. The molecule has 5 nitrogen and oxygen atoms in total. The number of piperidine rings is 1. The van der Waals surface area contributed by atoms with Gasteiger partial charge in [-0.3, -0.25) is 4.79 Å². The Morgan fingerprint density at radius 1 is 1.10 bits per heavy atom. The van der Waals surface area contributed by atoms with Crippen LogP contribution in [0.3, 0.4) is 0 Å². The number of carbonyl (C=O) groups is 1. The van der Waals surface area contributed by atoms with Crippen LogP contribution in [0.2, 0.25) is 5.02 Å². The molecule has 2 aromatic rings. The summed E-state index contributed by atoms with van der Waals surface area (Å²) < 4.78 is 54.0. The minimum atomic E-state index is -3.76. The van der Waals surface area contributed by atoms with Gasteiger partial charge in [-0.25, -0.2) is 17.2 Å². The van der Waals surface area contributed by atoms with Gasteiger partial charge in [0.15, 0.2) is 0 Å². The molecule has 29 heavy (non-hydrogen) atoms. The van der Waals surface area contributed by atoms with E-state index in [1.54, 1.807) is 0 Å². The van der Waals surface area contributed by atoms with Gasteiger partial charge >= 0.3 is 0 Å². The highest BCUT2D eigenvalue weighted by Crippen LogP contribution is 2.30. The van der Waals surface area contributed by atoms with Crippen LogP contribution in [0.25, 0.3) is 0 Å². The average Bonchev–Trinajstić information content (AvgIpc) is 2.70. The Bertz CT molecular complexity index is 1010. The second-order valence-electron chi connectivity index (χ2n) is 6.52. The van der Waals surface area contributed by atoms with Crippen LogP contribution in [0, 0.1) is 11.6 Å². The predicted octanol–water partition coefficient (Wildman–Crippen LogP) is 4.52. The highest BCUT2D eigenvalue weighted by molar-refractivity contribution is 8.00. The van der Waals surface area contributed by atoms with Gasteiger partial charge in [0.2, 0.25) is 15.9 Å². The topological polar surface area (TPSA) is 66.5 Å². The molecule has 2 aromatic carbocycles. The summed E-state index contributed by atoms with van der Waals surface area (Å²) in [5, 5.41) is 2.65. The monoisotopic (exact) mass is 460 g/mol. The number of carbonyl (C=O) groups excluding carboxylic acids is 1. The van der Waals surface area contributed by atoms with Crippen LogP contribution in [0.5, 0.6) is 0 Å². The van der Waals surface area contributed by atoms with Crippen molar-refractivity contribution in [2.24, 2.45) is 0 Å². The quantitative estimate of drug-likeness (QED) is 0.643. The lowest BCUT2D eigenvalue weighted by atomic mass is 10.2. The maximum Gasteiger partial charge on any atom is 0.244 e. The first-order chi connectivity index (χ1) is 13.8. The molecule has 0 saturated carbocycles. The SMILES string of the molecule is O=C(CSc1cc(F)ccc1F)Nc1ccc(Cl)c(S(=O)(=O)N2CCCCC2)c1. The van der Waals surface area contributed by atoms with Crippen LogP contribution in [0.15, 0.2) is 46.2 Å². The Kier molecular flexibility index (Phi) is 7.15. The molecular formula is C19H19ClF2N2O3S2. The highest BCUT2D eigenvalue weighted by atomic mass is 35.5. The fourth-order valence-electron chi connectivity index (χ4n) is 2.95. The zero-order valence-electron chi connectivity index (χ0n) is 15.3. The third-order valence-corrected chi connectivity index (χ3v) is 7.81. The maximum atomic E-state index is 13.6. The van der Waals surface area contributed by atoms with Crippen molar-refractivity contribution in [1.82, 2.24) is 4.31 Å². The third kappa shape index (κ3) is 5.48. The van der Waals surface area contributed by atoms with Crippen LogP contribution < -0.4 is 5.32 Å². The zero-order valence-corrected chi connectivity index (χ0v) is 17.7. The number of benzene rings is 2. The standard InChI is InChI=1S/C19H19ClF2N2O3S2/c20-15-6-5-14(11-18(15)29(26,27)24-8-2-1-3-9-24)23-19(25)12-28-17-10-13(21)4-7-16(17)22/h4-7,10-11H,1-3,8-9,12H2,(H,23,25). The lowest BCUT2D eigenvalue weighted by Gasteiger charge is -2.26. The molecule has 0 radical (unpaired) electrons. The van der Waals surface area contributed by atoms with Gasteiger partial charge in [0, 0.05) is 23.7 Å². The molecule has 1 aliphatic rings. The Morgan fingerprint density at radius 3 is 2.55 bits per heavy atom. The van der Waals surface area contributed by atoms with Crippen molar-refractivity contribution < 1.29 is 22.0 Å². The van der Waals surface area contributed by atoms with Gasteiger partial charge in [0.25, 0.3) is 0 Å². The minimum Gasteiger partial charge on any atom is -0.325 e. The highest BCUT2D eigenvalue weighted by Gasteiger charge is 2.28. The smallest absolute Gasteiger partial charge is 0.244 e. The largest absolute Gasteiger partial charge is 0.325 e. The van der Waals surface area contributed by atoms with Crippen molar-refractivity contribution in [3.63, 3.8) is 0 Å². The Morgan fingerprint density at radius 2 is 1.83 bits per heavy atom. The fraction of sp³-hybridized carbons (Fsp3) is 0.316. The number of hydrogen-bond donors (Lipinski definition) is 1. The normalized spacial score (nSPS) is 15.3. The summed E-state index contributed by atoms with van der Waals surface area (Å²) in [6.45, 7) is 0.871. The van der Waals surface area contributed by atoms with E-state index in [2.05, 4.69) is 5.32 Å².